The normalized spacial score (nSPS) is 16.9. The molecule has 0 saturated carbocycles. The first-order valence-electron chi connectivity index (χ1n) is 9.94. The molecule has 0 radical (unpaired) electrons. The maximum absolute atomic E-state index is 5.62. The van der Waals surface area contributed by atoms with E-state index < -0.39 is 0 Å². The monoisotopic (exact) mass is 499 g/mol. The Morgan fingerprint density at radius 2 is 1.78 bits per heavy atom. The molecule has 0 amide bonds. The van der Waals surface area contributed by atoms with Crippen LogP contribution < -0.4 is 15.4 Å². The van der Waals surface area contributed by atoms with E-state index in [4.69, 9.17) is 4.74 Å². The van der Waals surface area contributed by atoms with E-state index in [1.54, 1.807) is 13.3 Å². The molecule has 0 aliphatic carbocycles. The molecule has 2 heterocycles. The van der Waals surface area contributed by atoms with Gasteiger partial charge in [0.15, 0.2) is 0 Å². The number of benzene rings is 2. The lowest BCUT2D eigenvalue weighted by molar-refractivity contribution is 0.303. The van der Waals surface area contributed by atoms with Crippen LogP contribution in [0.4, 0.5) is 0 Å². The number of nitrogens with zero attached hydrogens (tertiary/aromatic N) is 1. The molecule has 3 aromatic rings. The molecular formula is C24H32Cl3N3O2. The fraction of sp³-hybridized carbons (Fsp3) is 0.292. The lowest BCUT2D eigenvalue weighted by Crippen LogP contribution is -2.45. The molecule has 2 atom stereocenters. The number of ether oxygens (including phenoxy) is 1. The summed E-state index contributed by atoms with van der Waals surface area (Å²) in [4.78, 5) is 4.24. The summed E-state index contributed by atoms with van der Waals surface area (Å²) in [6.07, 6.45) is 6.05. The minimum Gasteiger partial charge on any atom is -0.496 e. The van der Waals surface area contributed by atoms with Gasteiger partial charge in [-0.3, -0.25) is 4.98 Å². The van der Waals surface area contributed by atoms with Crippen LogP contribution in [0.1, 0.15) is 30.0 Å². The van der Waals surface area contributed by atoms with Gasteiger partial charge in [-0.2, -0.15) is 0 Å². The Bertz CT molecular complexity index is 902. The molecule has 1 fully saturated rings. The summed E-state index contributed by atoms with van der Waals surface area (Å²) in [6, 6.07) is 21.8. The van der Waals surface area contributed by atoms with Gasteiger partial charge in [-0.05, 0) is 48.7 Å². The van der Waals surface area contributed by atoms with E-state index in [2.05, 4.69) is 64.1 Å². The van der Waals surface area contributed by atoms with Gasteiger partial charge in [0.05, 0.1) is 7.11 Å². The van der Waals surface area contributed by atoms with Crippen molar-refractivity contribution in [3.8, 4) is 16.9 Å². The molecule has 4 N–H and O–H groups in total. The van der Waals surface area contributed by atoms with E-state index in [9.17, 15) is 0 Å². The zero-order valence-corrected chi connectivity index (χ0v) is 20.4. The van der Waals surface area contributed by atoms with Crippen molar-refractivity contribution in [2.24, 2.45) is 0 Å². The molecule has 1 aromatic heterocycles. The Hall–Kier alpha value is -1.86. The first-order valence-corrected chi connectivity index (χ1v) is 9.94. The van der Waals surface area contributed by atoms with Crippen molar-refractivity contribution in [2.75, 3.05) is 13.7 Å². The van der Waals surface area contributed by atoms with Crippen LogP contribution in [0.25, 0.3) is 11.1 Å². The number of halogens is 3. The van der Waals surface area contributed by atoms with E-state index >= 15 is 0 Å². The molecule has 4 rings (SSSR count). The number of pyridine rings is 1. The van der Waals surface area contributed by atoms with Crippen LogP contribution in [-0.4, -0.2) is 30.2 Å². The van der Waals surface area contributed by atoms with Gasteiger partial charge in [0.2, 0.25) is 0 Å². The van der Waals surface area contributed by atoms with E-state index in [1.807, 2.05) is 18.3 Å². The fourth-order valence-electron chi connectivity index (χ4n) is 3.99. The molecule has 1 saturated heterocycles. The van der Waals surface area contributed by atoms with Gasteiger partial charge in [-0.1, -0.05) is 42.5 Å². The van der Waals surface area contributed by atoms with Crippen LogP contribution in [0.5, 0.6) is 5.75 Å². The topological polar surface area (TPSA) is 77.7 Å². The Kier molecular flexibility index (Phi) is 14.2. The second-order valence-electron chi connectivity index (χ2n) is 7.24. The smallest absolute Gasteiger partial charge is 0.123 e. The zero-order valence-electron chi connectivity index (χ0n) is 18.0. The van der Waals surface area contributed by atoms with Crippen LogP contribution in [-0.2, 0) is 6.54 Å². The molecular weight excluding hydrogens is 469 g/mol. The summed E-state index contributed by atoms with van der Waals surface area (Å²) in [5, 5.41) is 7.47. The number of methoxy groups -OCH3 is 1. The first kappa shape index (κ1) is 30.1. The molecule has 1 aliphatic heterocycles. The maximum atomic E-state index is 5.62. The third-order valence-corrected chi connectivity index (χ3v) is 5.45. The van der Waals surface area contributed by atoms with Crippen molar-refractivity contribution in [1.82, 2.24) is 15.6 Å². The van der Waals surface area contributed by atoms with Gasteiger partial charge in [-0.25, -0.2) is 0 Å². The minimum absolute atomic E-state index is 0. The van der Waals surface area contributed by atoms with Gasteiger partial charge in [-0.15, -0.1) is 37.2 Å². The third-order valence-electron chi connectivity index (χ3n) is 5.45. The number of rotatable bonds is 6. The average Bonchev–Trinajstić information content (AvgIpc) is 2.79. The van der Waals surface area contributed by atoms with Crippen LogP contribution >= 0.6 is 37.2 Å². The summed E-state index contributed by atoms with van der Waals surface area (Å²) in [5.74, 6) is 0.917. The highest BCUT2D eigenvalue weighted by molar-refractivity contribution is 5.86. The SMILES string of the molecule is COc1ccc(-c2cccnc2)cc1CNC1CCCNC1c1ccccc1.Cl.Cl.Cl.O. The molecule has 2 aromatic carbocycles. The number of hydrogen-bond acceptors (Lipinski definition) is 4. The van der Waals surface area contributed by atoms with Crippen LogP contribution in [0.2, 0.25) is 0 Å². The summed E-state index contributed by atoms with van der Waals surface area (Å²) in [5.41, 5.74) is 4.79. The molecule has 0 spiro atoms. The highest BCUT2D eigenvalue weighted by atomic mass is 35.5. The lowest BCUT2D eigenvalue weighted by atomic mass is 9.92. The zero-order chi connectivity index (χ0) is 19.2. The molecule has 0 bridgehead atoms. The second-order valence-corrected chi connectivity index (χ2v) is 7.24. The quantitative estimate of drug-likeness (QED) is 0.510. The predicted octanol–water partition coefficient (Wildman–Crippen LogP) is 4.78. The van der Waals surface area contributed by atoms with E-state index in [1.165, 1.54) is 17.5 Å². The average molecular weight is 501 g/mol. The van der Waals surface area contributed by atoms with Crippen molar-refractivity contribution in [1.29, 1.82) is 0 Å². The highest BCUT2D eigenvalue weighted by Crippen LogP contribution is 2.28. The van der Waals surface area contributed by atoms with Gasteiger partial charge >= 0.3 is 0 Å². The standard InChI is InChI=1S/C24H27N3O.3ClH.H2O/c1-28-23-12-11-19(20-9-5-13-25-16-20)15-21(23)17-27-22-10-6-14-26-24(22)18-7-3-2-4-8-18;;;;/h2-5,7-9,11-13,15-16,22,24,26-27H,6,10,14,17H2,1H3;3*1H;1H2. The number of piperidine rings is 1. The van der Waals surface area contributed by atoms with Crippen molar-refractivity contribution in [2.45, 2.75) is 31.5 Å². The molecule has 2 unspecified atom stereocenters. The Morgan fingerprint density at radius 3 is 2.47 bits per heavy atom. The summed E-state index contributed by atoms with van der Waals surface area (Å²) in [6.45, 7) is 1.84. The molecule has 5 nitrogen and oxygen atoms in total. The number of aromatic nitrogens is 1. The maximum Gasteiger partial charge on any atom is 0.123 e. The Balaban J connectivity index is 0.00000240. The molecule has 176 valence electrons. The van der Waals surface area contributed by atoms with Crippen molar-refractivity contribution in [3.63, 3.8) is 0 Å². The first-order chi connectivity index (χ1) is 13.8. The van der Waals surface area contributed by atoms with Crippen LogP contribution in [0.3, 0.4) is 0 Å². The lowest BCUT2D eigenvalue weighted by Gasteiger charge is -2.34. The molecule has 8 heteroatoms. The van der Waals surface area contributed by atoms with Gasteiger partial charge in [0.25, 0.3) is 0 Å². The van der Waals surface area contributed by atoms with Crippen LogP contribution in [0.15, 0.2) is 73.1 Å². The summed E-state index contributed by atoms with van der Waals surface area (Å²) >= 11 is 0. The van der Waals surface area contributed by atoms with E-state index in [0.29, 0.717) is 12.1 Å². The largest absolute Gasteiger partial charge is 0.496 e. The number of hydrogen-bond donors (Lipinski definition) is 2. The van der Waals surface area contributed by atoms with E-state index in [0.717, 1.165) is 36.4 Å². The Labute approximate surface area is 208 Å². The number of nitrogens with one attached hydrogen (secondary N) is 2. The van der Waals surface area contributed by atoms with E-state index in [-0.39, 0.29) is 42.7 Å². The molecule has 32 heavy (non-hydrogen) atoms. The molecule has 1 aliphatic rings. The van der Waals surface area contributed by atoms with Crippen molar-refractivity contribution in [3.05, 3.63) is 84.2 Å². The second kappa shape index (κ2) is 15.1. The summed E-state index contributed by atoms with van der Waals surface area (Å²) in [7, 11) is 1.73. The van der Waals surface area contributed by atoms with Gasteiger partial charge < -0.3 is 20.8 Å². The van der Waals surface area contributed by atoms with Gasteiger partial charge in [0.1, 0.15) is 5.75 Å². The predicted molar refractivity (Wildman–Crippen MR) is 139 cm³/mol. The summed E-state index contributed by atoms with van der Waals surface area (Å²) < 4.78 is 5.62. The van der Waals surface area contributed by atoms with Crippen LogP contribution in [0, 0.1) is 0 Å². The van der Waals surface area contributed by atoms with Gasteiger partial charge in [0, 0.05) is 42.1 Å². The Morgan fingerprint density at radius 1 is 1.00 bits per heavy atom. The fourth-order valence-corrected chi connectivity index (χ4v) is 3.99. The van der Waals surface area contributed by atoms with Crippen molar-refractivity contribution < 1.29 is 10.2 Å². The van der Waals surface area contributed by atoms with Crippen molar-refractivity contribution >= 4 is 37.2 Å². The highest BCUT2D eigenvalue weighted by Gasteiger charge is 2.25. The minimum atomic E-state index is 0. The third kappa shape index (κ3) is 7.34.